The third-order valence-corrected chi connectivity index (χ3v) is 4.76. The number of benzene rings is 2. The summed E-state index contributed by atoms with van der Waals surface area (Å²) in [6.45, 7) is 5.02. The van der Waals surface area contributed by atoms with Crippen molar-refractivity contribution >= 4 is 23.3 Å². The molecule has 0 heterocycles. The molecule has 7 heteroatoms. The van der Waals surface area contributed by atoms with Crippen LogP contribution in [0.25, 0.3) is 0 Å². The zero-order chi connectivity index (χ0) is 26.0. The molecule has 7 nitrogen and oxygen atoms in total. The van der Waals surface area contributed by atoms with Crippen LogP contribution in [0.3, 0.4) is 0 Å². The minimum Gasteiger partial charge on any atom is -0.494 e. The molecule has 0 aliphatic carbocycles. The van der Waals surface area contributed by atoms with Crippen LogP contribution < -0.4 is 9.47 Å². The summed E-state index contributed by atoms with van der Waals surface area (Å²) in [4.78, 5) is 22.4. The molecule has 36 heavy (non-hydrogen) atoms. The molecule has 0 amide bonds. The highest BCUT2D eigenvalue weighted by atomic mass is 16.5. The van der Waals surface area contributed by atoms with Crippen molar-refractivity contribution in [1.82, 2.24) is 0 Å². The molecule has 2 aromatic carbocycles. The third kappa shape index (κ3) is 13.0. The van der Waals surface area contributed by atoms with Crippen LogP contribution in [-0.2, 0) is 9.59 Å². The van der Waals surface area contributed by atoms with Crippen LogP contribution >= 0.6 is 0 Å². The van der Waals surface area contributed by atoms with E-state index in [1.807, 2.05) is 24.3 Å². The van der Waals surface area contributed by atoms with E-state index in [1.54, 1.807) is 24.3 Å². The Hall–Kier alpha value is -4.10. The second-order valence-electron chi connectivity index (χ2n) is 8.40. The van der Waals surface area contributed by atoms with Gasteiger partial charge in [0.2, 0.25) is 0 Å². The van der Waals surface area contributed by atoms with Crippen molar-refractivity contribution in [2.24, 2.45) is 16.1 Å². The first-order valence-electron chi connectivity index (χ1n) is 12.1. The summed E-state index contributed by atoms with van der Waals surface area (Å²) in [6.07, 6.45) is 3.50. The Kier molecular flexibility index (Phi) is 12.9. The molecule has 0 bridgehead atoms. The van der Waals surface area contributed by atoms with Crippen LogP contribution in [0.4, 0.5) is 11.4 Å². The quantitative estimate of drug-likeness (QED) is 0.109. The molecule has 188 valence electrons. The van der Waals surface area contributed by atoms with E-state index >= 15 is 0 Å². The molecular formula is C29H32N2O5. The van der Waals surface area contributed by atoms with Gasteiger partial charge in [0, 0.05) is 25.7 Å². The van der Waals surface area contributed by atoms with Crippen molar-refractivity contribution in [1.29, 1.82) is 0 Å². The van der Waals surface area contributed by atoms with Gasteiger partial charge in [0.25, 0.3) is 0 Å². The maximum Gasteiger partial charge on any atom is 0.311 e. The lowest BCUT2D eigenvalue weighted by atomic mass is 10.1. The van der Waals surface area contributed by atoms with Crippen molar-refractivity contribution in [3.05, 3.63) is 48.5 Å². The molecule has 0 spiro atoms. The largest absolute Gasteiger partial charge is 0.494 e. The molecule has 0 radical (unpaired) electrons. The highest BCUT2D eigenvalue weighted by Gasteiger charge is 2.04. The molecule has 1 N–H and O–H groups in total. The van der Waals surface area contributed by atoms with E-state index in [9.17, 15) is 9.59 Å². The molecule has 0 aromatic heterocycles. The van der Waals surface area contributed by atoms with E-state index in [-0.39, 0.29) is 18.8 Å². The van der Waals surface area contributed by atoms with Crippen LogP contribution in [0.2, 0.25) is 0 Å². The molecule has 0 atom stereocenters. The predicted molar refractivity (Wildman–Crippen MR) is 139 cm³/mol. The van der Waals surface area contributed by atoms with Gasteiger partial charge < -0.3 is 14.6 Å². The molecule has 2 rings (SSSR count). The second-order valence-corrected chi connectivity index (χ2v) is 8.40. The maximum atomic E-state index is 12.0. The zero-order valence-corrected chi connectivity index (χ0v) is 20.8. The number of esters is 1. The molecule has 0 saturated carbocycles. The molecular weight excluding hydrogens is 456 g/mol. The van der Waals surface area contributed by atoms with Gasteiger partial charge in [-0.05, 0) is 85.6 Å². The van der Waals surface area contributed by atoms with Crippen LogP contribution in [0.1, 0.15) is 58.8 Å². The van der Waals surface area contributed by atoms with E-state index in [4.69, 9.17) is 14.6 Å². The average molecular weight is 489 g/mol. The van der Waals surface area contributed by atoms with Gasteiger partial charge in [0.1, 0.15) is 11.5 Å². The van der Waals surface area contributed by atoms with E-state index in [2.05, 4.69) is 47.8 Å². The van der Waals surface area contributed by atoms with Crippen LogP contribution in [0.15, 0.2) is 58.8 Å². The summed E-state index contributed by atoms with van der Waals surface area (Å²) >= 11 is 0. The number of nitrogens with zero attached hydrogens (tertiary/aromatic N) is 2. The number of carboxylic acid groups (broad SMARTS) is 1. The number of azo groups is 1. The summed E-state index contributed by atoms with van der Waals surface area (Å²) in [6, 6.07) is 14.3. The normalized spacial score (nSPS) is 10.3. The SMILES string of the molecule is CC(C)CCOc1ccc(N=Nc2ccc(OC(=O)CCCC#CC#CCCCC(=O)O)cc2)cc1. The Morgan fingerprint density at radius 3 is 1.89 bits per heavy atom. The van der Waals surface area contributed by atoms with Gasteiger partial charge in [-0.1, -0.05) is 25.7 Å². The molecule has 0 unspecified atom stereocenters. The molecule has 0 saturated heterocycles. The number of carbonyl (C=O) groups excluding carboxylic acids is 1. The van der Waals surface area contributed by atoms with Crippen molar-refractivity contribution in [2.45, 2.75) is 58.8 Å². The number of hydrogen-bond donors (Lipinski definition) is 1. The fourth-order valence-corrected chi connectivity index (χ4v) is 2.76. The Bertz CT molecular complexity index is 1110. The zero-order valence-electron chi connectivity index (χ0n) is 20.8. The van der Waals surface area contributed by atoms with Crippen molar-refractivity contribution in [2.75, 3.05) is 6.61 Å². The first kappa shape index (κ1) is 28.1. The molecule has 0 aliphatic rings. The topological polar surface area (TPSA) is 97.6 Å². The summed E-state index contributed by atoms with van der Waals surface area (Å²) in [7, 11) is 0. The number of carboxylic acids is 1. The van der Waals surface area contributed by atoms with Gasteiger partial charge in [-0.3, -0.25) is 9.59 Å². The minimum atomic E-state index is -0.823. The van der Waals surface area contributed by atoms with Crippen LogP contribution in [0.5, 0.6) is 11.5 Å². The first-order valence-corrected chi connectivity index (χ1v) is 12.1. The monoisotopic (exact) mass is 488 g/mol. The summed E-state index contributed by atoms with van der Waals surface area (Å²) in [5, 5.41) is 17.0. The number of unbranched alkanes of at least 4 members (excludes halogenated alkanes) is 2. The number of ether oxygens (including phenoxy) is 2. The summed E-state index contributed by atoms with van der Waals surface area (Å²) < 4.78 is 11.0. The smallest absolute Gasteiger partial charge is 0.311 e. The number of aliphatic carboxylic acids is 1. The Morgan fingerprint density at radius 1 is 0.833 bits per heavy atom. The van der Waals surface area contributed by atoms with Gasteiger partial charge in [0.15, 0.2) is 0 Å². The second kappa shape index (κ2) is 16.5. The average Bonchev–Trinajstić information content (AvgIpc) is 2.85. The highest BCUT2D eigenvalue weighted by molar-refractivity contribution is 5.72. The molecule has 2 aromatic rings. The van der Waals surface area contributed by atoms with Crippen molar-refractivity contribution in [3.8, 4) is 35.2 Å². The number of rotatable bonds is 13. The maximum absolute atomic E-state index is 12.0. The lowest BCUT2D eigenvalue weighted by Crippen LogP contribution is -2.07. The van der Waals surface area contributed by atoms with Gasteiger partial charge in [-0.15, -0.1) is 0 Å². The lowest BCUT2D eigenvalue weighted by molar-refractivity contribution is -0.137. The minimum absolute atomic E-state index is 0.112. The fraction of sp³-hybridized carbons (Fsp3) is 0.379. The first-order chi connectivity index (χ1) is 17.4. The van der Waals surface area contributed by atoms with E-state index in [1.165, 1.54) is 0 Å². The lowest BCUT2D eigenvalue weighted by Gasteiger charge is -2.07. The van der Waals surface area contributed by atoms with E-state index < -0.39 is 5.97 Å². The van der Waals surface area contributed by atoms with Gasteiger partial charge in [-0.25, -0.2) is 0 Å². The van der Waals surface area contributed by atoms with Crippen molar-refractivity contribution < 1.29 is 24.2 Å². The summed E-state index contributed by atoms with van der Waals surface area (Å²) in [5.74, 6) is 11.8. The highest BCUT2D eigenvalue weighted by Crippen LogP contribution is 2.23. The standard InChI is InChI=1S/C29H32N2O5/c1-23(2)21-22-35-26-17-13-24(14-18-26)30-31-25-15-19-27(20-16-25)36-29(34)12-10-8-6-4-3-5-7-9-11-28(32)33/h13-20,23H,7-12,21-22H2,1-2H3,(H,32,33). The van der Waals surface area contributed by atoms with Crippen molar-refractivity contribution in [3.63, 3.8) is 0 Å². The third-order valence-electron chi connectivity index (χ3n) is 4.76. The number of hydrogen-bond acceptors (Lipinski definition) is 6. The Labute approximate surface area is 212 Å². The predicted octanol–water partition coefficient (Wildman–Crippen LogP) is 6.86. The molecule has 0 aliphatic heterocycles. The number of carbonyl (C=O) groups is 2. The van der Waals surface area contributed by atoms with Crippen LogP contribution in [-0.4, -0.2) is 23.7 Å². The Morgan fingerprint density at radius 2 is 1.36 bits per heavy atom. The van der Waals surface area contributed by atoms with E-state index in [0.29, 0.717) is 55.3 Å². The fourth-order valence-electron chi connectivity index (χ4n) is 2.76. The van der Waals surface area contributed by atoms with Crippen LogP contribution in [0, 0.1) is 29.6 Å². The Balaban J connectivity index is 1.68. The van der Waals surface area contributed by atoms with Gasteiger partial charge in [-0.2, -0.15) is 10.2 Å². The van der Waals surface area contributed by atoms with E-state index in [0.717, 1.165) is 12.2 Å². The van der Waals surface area contributed by atoms with Gasteiger partial charge >= 0.3 is 11.9 Å². The molecule has 0 fully saturated rings. The van der Waals surface area contributed by atoms with Gasteiger partial charge in [0.05, 0.1) is 18.0 Å². The summed E-state index contributed by atoms with van der Waals surface area (Å²) in [5.41, 5.74) is 1.36.